The van der Waals surface area contributed by atoms with Crippen molar-refractivity contribution in [2.24, 2.45) is 17.8 Å². The summed E-state index contributed by atoms with van der Waals surface area (Å²) in [4.78, 5) is 14.2. The molecule has 0 spiro atoms. The molecule has 1 N–H and O–H groups in total. The van der Waals surface area contributed by atoms with E-state index in [4.69, 9.17) is 4.74 Å². The van der Waals surface area contributed by atoms with Crippen molar-refractivity contribution in [2.45, 2.75) is 83.2 Å². The molecular formula is C22H40N2O2. The molecule has 3 fully saturated rings. The van der Waals surface area contributed by atoms with Gasteiger partial charge in [0.05, 0.1) is 12.7 Å². The van der Waals surface area contributed by atoms with Crippen molar-refractivity contribution in [3.8, 4) is 0 Å². The predicted octanol–water partition coefficient (Wildman–Crippen LogP) is 3.99. The lowest BCUT2D eigenvalue weighted by Gasteiger charge is -2.33. The Kier molecular flexibility index (Phi) is 8.25. The fraction of sp³-hybridized carbons (Fsp3) is 0.955. The molecule has 2 saturated carbocycles. The minimum atomic E-state index is 0.214. The van der Waals surface area contributed by atoms with Crippen LogP contribution in [0.3, 0.4) is 0 Å². The van der Waals surface area contributed by atoms with E-state index in [2.05, 4.69) is 10.2 Å². The maximum atomic E-state index is 11.7. The zero-order valence-electron chi connectivity index (χ0n) is 16.9. The van der Waals surface area contributed by atoms with Gasteiger partial charge in [0.25, 0.3) is 0 Å². The summed E-state index contributed by atoms with van der Waals surface area (Å²) in [6, 6.07) is 0. The monoisotopic (exact) mass is 364 g/mol. The molecule has 3 rings (SSSR count). The molecule has 0 aromatic rings. The van der Waals surface area contributed by atoms with E-state index in [0.29, 0.717) is 6.10 Å². The van der Waals surface area contributed by atoms with Crippen LogP contribution in [-0.2, 0) is 9.53 Å². The highest BCUT2D eigenvalue weighted by Gasteiger charge is 2.26. The van der Waals surface area contributed by atoms with Crippen LogP contribution in [0.4, 0.5) is 0 Å². The standard InChI is InChI=1S/C22H40N2O2/c1-23-22(25)20-11-13-24(14-12-20)15-16-26-21-9-7-19(8-10-21)17-18-5-3-2-4-6-18/h18-21H,2-17H2,1H3,(H,23,25). The Bertz CT molecular complexity index is 406. The van der Waals surface area contributed by atoms with Crippen molar-refractivity contribution in [1.29, 1.82) is 0 Å². The molecule has 1 saturated heterocycles. The van der Waals surface area contributed by atoms with Crippen LogP contribution >= 0.6 is 0 Å². The number of rotatable bonds is 7. The van der Waals surface area contributed by atoms with Gasteiger partial charge in [0, 0.05) is 19.5 Å². The number of piperidine rings is 1. The molecular weight excluding hydrogens is 324 g/mol. The van der Waals surface area contributed by atoms with Crippen LogP contribution in [0.5, 0.6) is 0 Å². The number of amides is 1. The molecule has 2 aliphatic carbocycles. The number of ether oxygens (including phenoxy) is 1. The van der Waals surface area contributed by atoms with E-state index in [1.807, 2.05) is 0 Å². The van der Waals surface area contributed by atoms with Crippen LogP contribution in [0, 0.1) is 17.8 Å². The molecule has 3 aliphatic rings. The fourth-order valence-electron chi connectivity index (χ4n) is 5.40. The van der Waals surface area contributed by atoms with Gasteiger partial charge in [0.1, 0.15) is 0 Å². The van der Waals surface area contributed by atoms with E-state index in [9.17, 15) is 4.79 Å². The van der Waals surface area contributed by atoms with Gasteiger partial charge < -0.3 is 15.0 Å². The normalized spacial score (nSPS) is 29.6. The molecule has 0 radical (unpaired) electrons. The van der Waals surface area contributed by atoms with E-state index in [0.717, 1.165) is 50.9 Å². The maximum absolute atomic E-state index is 11.7. The Balaban J connectivity index is 1.24. The first-order valence-corrected chi connectivity index (χ1v) is 11.3. The summed E-state index contributed by atoms with van der Waals surface area (Å²) in [5.74, 6) is 2.44. The predicted molar refractivity (Wildman–Crippen MR) is 106 cm³/mol. The van der Waals surface area contributed by atoms with Crippen LogP contribution in [-0.4, -0.2) is 50.2 Å². The second-order valence-electron chi connectivity index (χ2n) is 8.98. The van der Waals surface area contributed by atoms with E-state index in [1.165, 1.54) is 64.2 Å². The zero-order valence-corrected chi connectivity index (χ0v) is 16.9. The minimum absolute atomic E-state index is 0.214. The summed E-state index contributed by atoms with van der Waals surface area (Å²) in [5, 5.41) is 2.78. The minimum Gasteiger partial charge on any atom is -0.377 e. The first-order chi connectivity index (χ1) is 12.7. The first-order valence-electron chi connectivity index (χ1n) is 11.3. The molecule has 0 aromatic heterocycles. The van der Waals surface area contributed by atoms with Crippen LogP contribution < -0.4 is 5.32 Å². The van der Waals surface area contributed by atoms with Crippen molar-refractivity contribution in [3.05, 3.63) is 0 Å². The topological polar surface area (TPSA) is 41.6 Å². The number of hydrogen-bond donors (Lipinski definition) is 1. The molecule has 1 heterocycles. The molecule has 0 unspecified atom stereocenters. The summed E-state index contributed by atoms with van der Waals surface area (Å²) >= 11 is 0. The zero-order chi connectivity index (χ0) is 18.2. The van der Waals surface area contributed by atoms with E-state index < -0.39 is 0 Å². The van der Waals surface area contributed by atoms with Gasteiger partial charge in [-0.15, -0.1) is 0 Å². The SMILES string of the molecule is CNC(=O)C1CCN(CCOC2CCC(CC3CCCCC3)CC2)CC1. The van der Waals surface area contributed by atoms with E-state index in [1.54, 1.807) is 7.05 Å². The highest BCUT2D eigenvalue weighted by atomic mass is 16.5. The van der Waals surface area contributed by atoms with Gasteiger partial charge in [-0.3, -0.25) is 4.79 Å². The number of nitrogens with zero attached hydrogens (tertiary/aromatic N) is 1. The van der Waals surface area contributed by atoms with Gasteiger partial charge in [-0.2, -0.15) is 0 Å². The van der Waals surface area contributed by atoms with Crippen molar-refractivity contribution >= 4 is 5.91 Å². The third-order valence-corrected chi connectivity index (χ3v) is 7.15. The van der Waals surface area contributed by atoms with E-state index in [-0.39, 0.29) is 11.8 Å². The second kappa shape index (κ2) is 10.7. The number of hydrogen-bond acceptors (Lipinski definition) is 3. The highest BCUT2D eigenvalue weighted by Crippen LogP contribution is 2.35. The van der Waals surface area contributed by atoms with Gasteiger partial charge in [-0.05, 0) is 69.9 Å². The lowest BCUT2D eigenvalue weighted by atomic mass is 9.77. The van der Waals surface area contributed by atoms with Crippen molar-refractivity contribution < 1.29 is 9.53 Å². The Hall–Kier alpha value is -0.610. The third-order valence-electron chi connectivity index (χ3n) is 7.15. The summed E-state index contributed by atoms with van der Waals surface area (Å²) in [7, 11) is 1.74. The molecule has 150 valence electrons. The number of carbonyl (C=O) groups is 1. The number of likely N-dealkylation sites (tertiary alicyclic amines) is 1. The van der Waals surface area contributed by atoms with Crippen LogP contribution in [0.15, 0.2) is 0 Å². The molecule has 0 aromatic carbocycles. The average Bonchev–Trinajstić information content (AvgIpc) is 2.70. The van der Waals surface area contributed by atoms with Gasteiger partial charge in [-0.25, -0.2) is 0 Å². The fourth-order valence-corrected chi connectivity index (χ4v) is 5.40. The van der Waals surface area contributed by atoms with E-state index >= 15 is 0 Å². The maximum Gasteiger partial charge on any atom is 0.222 e. The van der Waals surface area contributed by atoms with Crippen molar-refractivity contribution in [1.82, 2.24) is 10.2 Å². The number of nitrogens with one attached hydrogen (secondary N) is 1. The van der Waals surface area contributed by atoms with Crippen LogP contribution in [0.25, 0.3) is 0 Å². The quantitative estimate of drug-likeness (QED) is 0.743. The van der Waals surface area contributed by atoms with Gasteiger partial charge >= 0.3 is 0 Å². The smallest absolute Gasteiger partial charge is 0.222 e. The molecule has 1 aliphatic heterocycles. The Labute approximate surface area is 160 Å². The Morgan fingerprint density at radius 1 is 0.923 bits per heavy atom. The largest absolute Gasteiger partial charge is 0.377 e. The molecule has 1 amide bonds. The van der Waals surface area contributed by atoms with Crippen molar-refractivity contribution in [3.63, 3.8) is 0 Å². The first kappa shape index (κ1) is 20.1. The number of carbonyl (C=O) groups excluding carboxylic acids is 1. The third kappa shape index (κ3) is 6.23. The Morgan fingerprint density at radius 2 is 1.58 bits per heavy atom. The van der Waals surface area contributed by atoms with Gasteiger partial charge in [0.2, 0.25) is 5.91 Å². The molecule has 4 heteroatoms. The van der Waals surface area contributed by atoms with Crippen molar-refractivity contribution in [2.75, 3.05) is 33.3 Å². The summed E-state index contributed by atoms with van der Waals surface area (Å²) in [6.45, 7) is 3.97. The lowest BCUT2D eigenvalue weighted by Crippen LogP contribution is -2.41. The van der Waals surface area contributed by atoms with Gasteiger partial charge in [-0.1, -0.05) is 32.1 Å². The van der Waals surface area contributed by atoms with Crippen LogP contribution in [0.2, 0.25) is 0 Å². The second-order valence-corrected chi connectivity index (χ2v) is 8.98. The Morgan fingerprint density at radius 3 is 2.23 bits per heavy atom. The molecule has 4 nitrogen and oxygen atoms in total. The molecule has 26 heavy (non-hydrogen) atoms. The highest BCUT2D eigenvalue weighted by molar-refractivity contribution is 5.78. The molecule has 0 bridgehead atoms. The van der Waals surface area contributed by atoms with Gasteiger partial charge in [0.15, 0.2) is 0 Å². The lowest BCUT2D eigenvalue weighted by molar-refractivity contribution is -0.126. The molecule has 0 atom stereocenters. The van der Waals surface area contributed by atoms with Crippen LogP contribution in [0.1, 0.15) is 77.0 Å². The average molecular weight is 365 g/mol. The summed E-state index contributed by atoms with van der Waals surface area (Å²) in [5.41, 5.74) is 0. The summed E-state index contributed by atoms with van der Waals surface area (Å²) in [6.07, 6.45) is 16.7. The summed E-state index contributed by atoms with van der Waals surface area (Å²) < 4.78 is 6.20.